The number of carbonyl (C=O) groups excluding carboxylic acids is 2. The van der Waals surface area contributed by atoms with Crippen LogP contribution >= 0.6 is 11.8 Å². The van der Waals surface area contributed by atoms with Gasteiger partial charge in [-0.1, -0.05) is 24.3 Å². The first-order valence-corrected chi connectivity index (χ1v) is 11.2. The monoisotopic (exact) mass is 476 g/mol. The topological polar surface area (TPSA) is 68.2 Å². The summed E-state index contributed by atoms with van der Waals surface area (Å²) < 4.78 is 23.7. The van der Waals surface area contributed by atoms with Crippen molar-refractivity contribution < 1.29 is 23.5 Å². The Morgan fingerprint density at radius 3 is 2.50 bits per heavy atom. The van der Waals surface area contributed by atoms with Crippen LogP contribution in [-0.4, -0.2) is 36.1 Å². The summed E-state index contributed by atoms with van der Waals surface area (Å²) in [6.07, 6.45) is 1.79. The number of hydrogen-bond donors (Lipinski definition) is 0. The second-order valence-corrected chi connectivity index (χ2v) is 8.40. The molecule has 0 radical (unpaired) electrons. The smallest absolute Gasteiger partial charge is 0.337 e. The Hall–Kier alpha value is -3.91. The van der Waals surface area contributed by atoms with Gasteiger partial charge in [-0.3, -0.25) is 9.69 Å². The third-order valence-corrected chi connectivity index (χ3v) is 6.05. The minimum atomic E-state index is -0.419. The Morgan fingerprint density at radius 2 is 1.82 bits per heavy atom. The number of hydrogen-bond acceptors (Lipinski definition) is 6. The maximum atomic E-state index is 13.3. The molecule has 4 rings (SSSR count). The number of nitrogens with zero attached hydrogens (tertiary/aromatic N) is 2. The van der Waals surface area contributed by atoms with Gasteiger partial charge in [-0.25, -0.2) is 14.2 Å². The molecule has 6 nitrogen and oxygen atoms in total. The molecule has 0 aliphatic carbocycles. The average molecular weight is 477 g/mol. The molecule has 1 amide bonds. The van der Waals surface area contributed by atoms with Crippen molar-refractivity contribution in [3.05, 3.63) is 100 Å². The van der Waals surface area contributed by atoms with Gasteiger partial charge in [0.2, 0.25) is 0 Å². The van der Waals surface area contributed by atoms with E-state index in [4.69, 9.17) is 9.47 Å². The molecule has 0 aromatic heterocycles. The second kappa shape index (κ2) is 10.4. The van der Waals surface area contributed by atoms with E-state index in [1.807, 2.05) is 12.1 Å². The van der Waals surface area contributed by atoms with E-state index in [1.165, 1.54) is 35.9 Å². The molecule has 1 aliphatic heterocycles. The zero-order valence-corrected chi connectivity index (χ0v) is 19.3. The molecule has 0 unspecified atom stereocenters. The van der Waals surface area contributed by atoms with Gasteiger partial charge in [-0.15, -0.1) is 0 Å². The highest BCUT2D eigenvalue weighted by Gasteiger charge is 2.30. The van der Waals surface area contributed by atoms with E-state index < -0.39 is 5.97 Å². The third kappa shape index (κ3) is 5.52. The molecule has 0 saturated carbocycles. The highest BCUT2D eigenvalue weighted by molar-refractivity contribution is 8.18. The summed E-state index contributed by atoms with van der Waals surface area (Å²) in [6, 6.07) is 20.2. The number of thioether (sulfide) groups is 1. The lowest BCUT2D eigenvalue weighted by Crippen LogP contribution is -2.23. The second-order valence-electron chi connectivity index (χ2n) is 7.40. The summed E-state index contributed by atoms with van der Waals surface area (Å²) in [5, 5.41) is 0.539. The van der Waals surface area contributed by atoms with E-state index in [0.29, 0.717) is 27.1 Å². The summed E-state index contributed by atoms with van der Waals surface area (Å²) in [5.74, 6) is -0.224. The Balaban J connectivity index is 1.43. The highest BCUT2D eigenvalue weighted by atomic mass is 32.2. The minimum Gasteiger partial charge on any atom is -0.489 e. The van der Waals surface area contributed by atoms with Gasteiger partial charge in [0.1, 0.15) is 18.2 Å². The fraction of sp³-hybridized carbons (Fsp3) is 0.115. The number of ether oxygens (including phenoxy) is 2. The van der Waals surface area contributed by atoms with Crippen molar-refractivity contribution in [1.82, 2.24) is 4.90 Å². The van der Waals surface area contributed by atoms with E-state index in [-0.39, 0.29) is 18.3 Å². The number of rotatable bonds is 6. The van der Waals surface area contributed by atoms with Crippen LogP contribution < -0.4 is 4.74 Å². The number of aliphatic imine (C=N–C) groups is 1. The van der Waals surface area contributed by atoms with Crippen LogP contribution in [0.4, 0.5) is 10.1 Å². The molecule has 1 fully saturated rings. The van der Waals surface area contributed by atoms with Crippen LogP contribution in [0.2, 0.25) is 0 Å². The molecule has 8 heteroatoms. The van der Waals surface area contributed by atoms with Crippen LogP contribution in [0.1, 0.15) is 21.5 Å². The van der Waals surface area contributed by atoms with Crippen molar-refractivity contribution >= 4 is 40.6 Å². The van der Waals surface area contributed by atoms with Gasteiger partial charge >= 0.3 is 5.97 Å². The van der Waals surface area contributed by atoms with Gasteiger partial charge in [0, 0.05) is 7.05 Å². The lowest BCUT2D eigenvalue weighted by atomic mass is 10.2. The molecule has 1 aliphatic rings. The SMILES string of the molecule is COC(=O)c1ccc(N=C2S/C(=C\c3ccc(OCc4cccc(F)c4)cc3)C(=O)N2C)cc1. The third-order valence-electron chi connectivity index (χ3n) is 4.99. The van der Waals surface area contributed by atoms with E-state index in [9.17, 15) is 14.0 Å². The predicted molar refractivity (Wildman–Crippen MR) is 130 cm³/mol. The van der Waals surface area contributed by atoms with Crippen LogP contribution in [0.25, 0.3) is 6.08 Å². The Bertz CT molecular complexity index is 1270. The molecule has 0 N–H and O–H groups in total. The molecule has 0 atom stereocenters. The molecule has 1 heterocycles. The van der Waals surface area contributed by atoms with Crippen molar-refractivity contribution in [2.75, 3.05) is 14.2 Å². The summed E-state index contributed by atoms with van der Waals surface area (Å²) in [5.41, 5.74) is 2.63. The fourth-order valence-electron chi connectivity index (χ4n) is 3.16. The lowest BCUT2D eigenvalue weighted by molar-refractivity contribution is -0.121. The number of amides is 1. The summed E-state index contributed by atoms with van der Waals surface area (Å²) in [7, 11) is 2.99. The van der Waals surface area contributed by atoms with Gasteiger partial charge < -0.3 is 9.47 Å². The highest BCUT2D eigenvalue weighted by Crippen LogP contribution is 2.33. The van der Waals surface area contributed by atoms with Crippen LogP contribution in [0, 0.1) is 5.82 Å². The number of esters is 1. The number of benzene rings is 3. The Labute approximate surface area is 200 Å². The Morgan fingerprint density at radius 1 is 1.09 bits per heavy atom. The van der Waals surface area contributed by atoms with Crippen LogP contribution in [0.15, 0.2) is 82.7 Å². The first-order chi connectivity index (χ1) is 16.4. The van der Waals surface area contributed by atoms with E-state index in [1.54, 1.807) is 61.7 Å². The average Bonchev–Trinajstić information content (AvgIpc) is 3.11. The zero-order chi connectivity index (χ0) is 24.1. The molecule has 0 spiro atoms. The first-order valence-electron chi connectivity index (χ1n) is 10.3. The van der Waals surface area contributed by atoms with Crippen molar-refractivity contribution in [3.8, 4) is 5.75 Å². The quantitative estimate of drug-likeness (QED) is 0.351. The lowest BCUT2D eigenvalue weighted by Gasteiger charge is -2.07. The minimum absolute atomic E-state index is 0.152. The van der Waals surface area contributed by atoms with Gasteiger partial charge in [0.15, 0.2) is 5.17 Å². The van der Waals surface area contributed by atoms with Crippen LogP contribution in [-0.2, 0) is 16.1 Å². The zero-order valence-electron chi connectivity index (χ0n) is 18.5. The Kier molecular flexibility index (Phi) is 7.08. The van der Waals surface area contributed by atoms with Crippen molar-refractivity contribution in [2.24, 2.45) is 4.99 Å². The van der Waals surface area contributed by atoms with Crippen LogP contribution in [0.5, 0.6) is 5.75 Å². The first kappa shape index (κ1) is 23.3. The summed E-state index contributed by atoms with van der Waals surface area (Å²) in [6.45, 7) is 0.262. The number of halogens is 1. The fourth-order valence-corrected chi connectivity index (χ4v) is 4.14. The molecule has 3 aromatic rings. The van der Waals surface area contributed by atoms with Crippen molar-refractivity contribution in [2.45, 2.75) is 6.61 Å². The molecule has 3 aromatic carbocycles. The van der Waals surface area contributed by atoms with Gasteiger partial charge in [0.05, 0.1) is 23.3 Å². The summed E-state index contributed by atoms with van der Waals surface area (Å²) >= 11 is 1.27. The molecule has 34 heavy (non-hydrogen) atoms. The van der Waals surface area contributed by atoms with E-state index in [0.717, 1.165) is 11.1 Å². The molecule has 1 saturated heterocycles. The summed E-state index contributed by atoms with van der Waals surface area (Å²) in [4.78, 5) is 30.8. The van der Waals surface area contributed by atoms with Gasteiger partial charge in [0.25, 0.3) is 5.91 Å². The van der Waals surface area contributed by atoms with Crippen molar-refractivity contribution in [1.29, 1.82) is 0 Å². The van der Waals surface area contributed by atoms with Gasteiger partial charge in [-0.05, 0) is 77.5 Å². The molecule has 0 bridgehead atoms. The number of carbonyl (C=O) groups is 2. The predicted octanol–water partition coefficient (Wildman–Crippen LogP) is 5.43. The van der Waals surface area contributed by atoms with Crippen molar-refractivity contribution in [3.63, 3.8) is 0 Å². The van der Waals surface area contributed by atoms with Gasteiger partial charge in [-0.2, -0.15) is 0 Å². The normalized spacial score (nSPS) is 15.7. The number of likely N-dealkylation sites (N-methyl/N-ethyl adjacent to an activating group) is 1. The largest absolute Gasteiger partial charge is 0.489 e. The van der Waals surface area contributed by atoms with Crippen LogP contribution in [0.3, 0.4) is 0 Å². The molecular weight excluding hydrogens is 455 g/mol. The standard InChI is InChI=1S/C26H21FN2O4S/c1-29-24(30)23(34-26(29)28-21-10-8-19(9-11-21)25(31)32-2)15-17-6-12-22(13-7-17)33-16-18-4-3-5-20(27)14-18/h3-15H,16H2,1-2H3/b23-15-,28-26?. The maximum Gasteiger partial charge on any atom is 0.337 e. The number of amidine groups is 1. The van der Waals surface area contributed by atoms with E-state index >= 15 is 0 Å². The molecular formula is C26H21FN2O4S. The molecule has 172 valence electrons. The number of methoxy groups -OCH3 is 1. The maximum absolute atomic E-state index is 13.3. The van der Waals surface area contributed by atoms with E-state index in [2.05, 4.69) is 4.99 Å².